The third-order valence-corrected chi connectivity index (χ3v) is 1.56. The Bertz CT molecular complexity index is 299. The molecule has 7 nitrogen and oxygen atoms in total. The van der Waals surface area contributed by atoms with Crippen LogP contribution in [0.3, 0.4) is 0 Å². The van der Waals surface area contributed by atoms with Crippen LogP contribution in [0, 0.1) is 0 Å². The van der Waals surface area contributed by atoms with E-state index < -0.39 is 0 Å². The Hall–Kier alpha value is -1.60. The molecule has 0 radical (unpaired) electrons. The van der Waals surface area contributed by atoms with Crippen LogP contribution >= 0.6 is 0 Å². The third kappa shape index (κ3) is 2.71. The maximum atomic E-state index is 11.2. The molecule has 1 amide bonds. The molecule has 0 saturated carbocycles. The number of carbonyl (C=O) groups excluding carboxylic acids is 1. The normalized spacial score (nSPS) is 9.86. The highest BCUT2D eigenvalue weighted by molar-refractivity contribution is 5.76. The zero-order valence-corrected chi connectivity index (χ0v) is 7.47. The van der Waals surface area contributed by atoms with Gasteiger partial charge in [-0.1, -0.05) is 0 Å². The number of rotatable bonds is 5. The zero-order chi connectivity index (χ0) is 10.4. The molecule has 0 fully saturated rings. The Morgan fingerprint density at radius 1 is 1.64 bits per heavy atom. The van der Waals surface area contributed by atoms with Gasteiger partial charge in [-0.15, -0.1) is 0 Å². The molecule has 1 aromatic heterocycles. The summed E-state index contributed by atoms with van der Waals surface area (Å²) >= 11 is 0. The Morgan fingerprint density at radius 2 is 2.43 bits per heavy atom. The molecule has 0 aliphatic heterocycles. The molecule has 0 saturated heterocycles. The summed E-state index contributed by atoms with van der Waals surface area (Å²) in [6, 6.07) is 0. The van der Waals surface area contributed by atoms with Gasteiger partial charge < -0.3 is 15.0 Å². The van der Waals surface area contributed by atoms with E-state index in [-0.39, 0.29) is 31.6 Å². The first kappa shape index (κ1) is 10.5. The van der Waals surface area contributed by atoms with Crippen LogP contribution in [-0.2, 0) is 11.3 Å². The van der Waals surface area contributed by atoms with Gasteiger partial charge in [0.1, 0.15) is 6.54 Å². The van der Waals surface area contributed by atoms with Gasteiger partial charge in [0, 0.05) is 18.9 Å². The van der Waals surface area contributed by atoms with Crippen LogP contribution in [0.1, 0.15) is 0 Å². The van der Waals surface area contributed by atoms with Gasteiger partial charge in [0.15, 0.2) is 0 Å². The van der Waals surface area contributed by atoms with Gasteiger partial charge in [0.05, 0.1) is 6.61 Å². The van der Waals surface area contributed by atoms with Crippen molar-refractivity contribution >= 4 is 11.9 Å². The average molecular weight is 200 g/mol. The number of hydrogen-bond acceptors (Lipinski definition) is 5. The first-order valence-corrected chi connectivity index (χ1v) is 4.06. The molecule has 1 rings (SSSR count). The average Bonchev–Trinajstić information content (AvgIpc) is 2.62. The topological polar surface area (TPSA) is 99.4 Å². The van der Waals surface area contributed by atoms with E-state index in [4.69, 9.17) is 10.3 Å². The Balaban J connectivity index is 2.47. The number of nitrogens with zero attached hydrogens (tertiary/aromatic N) is 2. The third-order valence-electron chi connectivity index (χ3n) is 1.56. The second-order valence-electron chi connectivity index (χ2n) is 2.56. The van der Waals surface area contributed by atoms with Gasteiger partial charge in [0.2, 0.25) is 11.9 Å². The molecule has 4 N–H and O–H groups in total. The lowest BCUT2D eigenvalue weighted by Gasteiger charge is -2.06. The fraction of sp³-hybridized carbons (Fsp3) is 0.429. The predicted molar refractivity (Wildman–Crippen MR) is 47.7 cm³/mol. The second kappa shape index (κ2) is 5.20. The molecule has 0 atom stereocenters. The molecule has 0 aromatic carbocycles. The van der Waals surface area contributed by atoms with E-state index >= 15 is 0 Å². The highest BCUT2D eigenvalue weighted by atomic mass is 16.5. The summed E-state index contributed by atoms with van der Waals surface area (Å²) in [4.78, 5) is 14.9. The molecule has 78 valence electrons. The molecule has 1 aromatic rings. The predicted octanol–water partition coefficient (Wildman–Crippen LogP) is -1.21. The summed E-state index contributed by atoms with van der Waals surface area (Å²) in [6.45, 7) is 0.166. The van der Waals surface area contributed by atoms with Crippen molar-refractivity contribution in [3.8, 4) is 0 Å². The Morgan fingerprint density at radius 3 is 3.07 bits per heavy atom. The van der Waals surface area contributed by atoms with E-state index in [2.05, 4.69) is 10.3 Å². The van der Waals surface area contributed by atoms with Gasteiger partial charge in [-0.25, -0.2) is 10.5 Å². The van der Waals surface area contributed by atoms with Crippen molar-refractivity contribution in [3.05, 3.63) is 12.4 Å². The van der Waals surface area contributed by atoms with Crippen LogP contribution in [0.5, 0.6) is 0 Å². The lowest BCUT2D eigenvalue weighted by Crippen LogP contribution is -2.30. The summed E-state index contributed by atoms with van der Waals surface area (Å²) in [5.41, 5.74) is 1.86. The maximum Gasteiger partial charge on any atom is 0.240 e. The molecule has 0 spiro atoms. The highest BCUT2D eigenvalue weighted by Gasteiger charge is 2.05. The first-order valence-electron chi connectivity index (χ1n) is 4.06. The zero-order valence-electron chi connectivity index (χ0n) is 7.47. The molecular formula is C7H12N4O3. The van der Waals surface area contributed by atoms with E-state index in [9.17, 15) is 4.79 Å². The molecule has 0 bridgehead atoms. The maximum absolute atomic E-state index is 11.2. The standard InChI is InChI=1S/C7H12N4O3/c12-4-2-8-6(13)5-11-3-1-9-7(11)10-14/h1,3,12,14H,2,4-5H2,(H,8,13)(H,9,10). The van der Waals surface area contributed by atoms with Crippen molar-refractivity contribution in [1.82, 2.24) is 14.9 Å². The second-order valence-corrected chi connectivity index (χ2v) is 2.56. The largest absolute Gasteiger partial charge is 0.395 e. The van der Waals surface area contributed by atoms with E-state index in [1.165, 1.54) is 10.8 Å². The molecule has 0 unspecified atom stereocenters. The van der Waals surface area contributed by atoms with Gasteiger partial charge in [0.25, 0.3) is 0 Å². The van der Waals surface area contributed by atoms with Gasteiger partial charge >= 0.3 is 0 Å². The van der Waals surface area contributed by atoms with Gasteiger partial charge in [-0.05, 0) is 0 Å². The van der Waals surface area contributed by atoms with Crippen molar-refractivity contribution in [2.75, 3.05) is 18.6 Å². The lowest BCUT2D eigenvalue weighted by atomic mass is 10.5. The molecule has 1 heterocycles. The number of carbonyl (C=O) groups is 1. The number of aromatic nitrogens is 2. The quantitative estimate of drug-likeness (QED) is 0.447. The van der Waals surface area contributed by atoms with Crippen LogP contribution < -0.4 is 10.8 Å². The molecule has 0 aliphatic rings. The van der Waals surface area contributed by atoms with E-state index in [0.29, 0.717) is 0 Å². The van der Waals surface area contributed by atoms with Crippen molar-refractivity contribution in [2.24, 2.45) is 0 Å². The van der Waals surface area contributed by atoms with Gasteiger partial charge in [-0.2, -0.15) is 0 Å². The van der Waals surface area contributed by atoms with Gasteiger partial charge in [-0.3, -0.25) is 10.0 Å². The van der Waals surface area contributed by atoms with Crippen molar-refractivity contribution in [2.45, 2.75) is 6.54 Å². The fourth-order valence-electron chi connectivity index (χ4n) is 0.956. The molecule has 14 heavy (non-hydrogen) atoms. The van der Waals surface area contributed by atoms with Crippen LogP contribution in [0.2, 0.25) is 0 Å². The number of imidazole rings is 1. The molecule has 7 heteroatoms. The number of aliphatic hydroxyl groups is 1. The first-order chi connectivity index (χ1) is 6.77. The fourth-order valence-corrected chi connectivity index (χ4v) is 0.956. The van der Waals surface area contributed by atoms with E-state index in [1.54, 1.807) is 6.20 Å². The Labute approximate surface area is 80.3 Å². The van der Waals surface area contributed by atoms with Crippen LogP contribution in [0.15, 0.2) is 12.4 Å². The van der Waals surface area contributed by atoms with Crippen molar-refractivity contribution < 1.29 is 15.1 Å². The summed E-state index contributed by atoms with van der Waals surface area (Å²) in [5.74, 6) is -0.0577. The monoisotopic (exact) mass is 200 g/mol. The number of amides is 1. The summed E-state index contributed by atoms with van der Waals surface area (Å²) < 4.78 is 1.44. The number of aliphatic hydroxyl groups excluding tert-OH is 1. The number of anilines is 1. The minimum atomic E-state index is -0.256. The summed E-state index contributed by atoms with van der Waals surface area (Å²) in [6.07, 6.45) is 3.01. The SMILES string of the molecule is O=C(Cn1ccnc1NO)NCCO. The van der Waals surface area contributed by atoms with Crippen LogP contribution in [0.25, 0.3) is 0 Å². The van der Waals surface area contributed by atoms with Crippen LogP contribution in [-0.4, -0.2) is 38.9 Å². The minimum absolute atomic E-state index is 0.0445. The summed E-state index contributed by atoms with van der Waals surface area (Å²) in [7, 11) is 0. The van der Waals surface area contributed by atoms with Crippen molar-refractivity contribution in [3.63, 3.8) is 0 Å². The van der Waals surface area contributed by atoms with E-state index in [1.807, 2.05) is 5.48 Å². The number of nitrogens with one attached hydrogen (secondary N) is 2. The smallest absolute Gasteiger partial charge is 0.240 e. The molecular weight excluding hydrogens is 188 g/mol. The lowest BCUT2D eigenvalue weighted by molar-refractivity contribution is -0.121. The van der Waals surface area contributed by atoms with Crippen LogP contribution in [0.4, 0.5) is 5.95 Å². The summed E-state index contributed by atoms with van der Waals surface area (Å²) in [5, 5.41) is 19.5. The Kier molecular flexibility index (Phi) is 3.89. The molecule has 0 aliphatic carbocycles. The van der Waals surface area contributed by atoms with E-state index in [0.717, 1.165) is 0 Å². The minimum Gasteiger partial charge on any atom is -0.395 e. The highest BCUT2D eigenvalue weighted by Crippen LogP contribution is 2.01. The number of hydrogen-bond donors (Lipinski definition) is 4. The van der Waals surface area contributed by atoms with Crippen molar-refractivity contribution in [1.29, 1.82) is 0 Å².